The molecule has 3 aliphatic rings. The normalized spacial score (nSPS) is 21.7. The lowest BCUT2D eigenvalue weighted by molar-refractivity contribution is -0.137. The van der Waals surface area contributed by atoms with E-state index in [0.717, 1.165) is 29.1 Å². The molecule has 0 saturated carbocycles. The fourth-order valence-corrected chi connectivity index (χ4v) is 5.86. The molecule has 1 aliphatic heterocycles. The Hall–Kier alpha value is -2.89. The minimum absolute atomic E-state index is 0.0469. The summed E-state index contributed by atoms with van der Waals surface area (Å²) in [6.07, 6.45) is 2.98. The molecule has 0 aromatic heterocycles. The second-order valence-electron chi connectivity index (χ2n) is 11.8. The quantitative estimate of drug-likeness (QED) is 0.545. The summed E-state index contributed by atoms with van der Waals surface area (Å²) < 4.78 is 5.89. The van der Waals surface area contributed by atoms with Crippen molar-refractivity contribution in [2.75, 3.05) is 13.2 Å². The monoisotopic (exact) mass is 479 g/mol. The van der Waals surface area contributed by atoms with Gasteiger partial charge in [0.25, 0.3) is 0 Å². The predicted molar refractivity (Wildman–Crippen MR) is 134 cm³/mol. The molecular weight excluding hydrogens is 442 g/mol. The van der Waals surface area contributed by atoms with E-state index in [1.54, 1.807) is 0 Å². The first-order chi connectivity index (χ1) is 16.4. The molecule has 0 fully saturated rings. The Balaban J connectivity index is 1.93. The molecule has 4 rings (SSSR count). The number of hydrogen-bond donors (Lipinski definition) is 1. The summed E-state index contributed by atoms with van der Waals surface area (Å²) in [5.41, 5.74) is 3.52. The van der Waals surface area contributed by atoms with E-state index >= 15 is 0 Å². The number of hydrogen-bond acceptors (Lipinski definition) is 5. The van der Waals surface area contributed by atoms with Crippen molar-refractivity contribution in [1.82, 2.24) is 4.90 Å². The van der Waals surface area contributed by atoms with Crippen LogP contribution in [0.3, 0.4) is 0 Å². The standard InChI is InChI=1S/C29H37NO5/c1-6-12-35-19-9-7-8-18(13-19)25-26-20(14-28(2,3)16-22(26)31)30(11-10-24(33)34)21-15-29(4,5)17-23(32)27(21)25/h7-9,13,25H,6,10-12,14-17H2,1-5H3,(H,33,34). The number of carboxylic acids is 1. The minimum atomic E-state index is -0.889. The third-order valence-electron chi connectivity index (χ3n) is 7.24. The van der Waals surface area contributed by atoms with Crippen LogP contribution in [0.2, 0.25) is 0 Å². The van der Waals surface area contributed by atoms with Gasteiger partial charge in [0.15, 0.2) is 11.6 Å². The highest BCUT2D eigenvalue weighted by molar-refractivity contribution is 6.06. The zero-order chi connectivity index (χ0) is 25.5. The van der Waals surface area contributed by atoms with E-state index in [0.29, 0.717) is 43.4 Å². The van der Waals surface area contributed by atoms with Crippen LogP contribution in [0.5, 0.6) is 5.75 Å². The molecule has 188 valence electrons. The number of ketones is 2. The molecule has 6 nitrogen and oxygen atoms in total. The topological polar surface area (TPSA) is 83.9 Å². The zero-order valence-electron chi connectivity index (χ0n) is 21.6. The number of rotatable bonds is 7. The summed E-state index contributed by atoms with van der Waals surface area (Å²) in [4.78, 5) is 41.0. The smallest absolute Gasteiger partial charge is 0.305 e. The summed E-state index contributed by atoms with van der Waals surface area (Å²) in [6.45, 7) is 11.2. The van der Waals surface area contributed by atoms with Gasteiger partial charge in [-0.25, -0.2) is 0 Å². The largest absolute Gasteiger partial charge is 0.494 e. The van der Waals surface area contributed by atoms with Gasteiger partial charge in [0.1, 0.15) is 5.75 Å². The van der Waals surface area contributed by atoms with Crippen molar-refractivity contribution >= 4 is 17.5 Å². The molecule has 35 heavy (non-hydrogen) atoms. The van der Waals surface area contributed by atoms with E-state index in [4.69, 9.17) is 4.74 Å². The zero-order valence-corrected chi connectivity index (χ0v) is 21.6. The van der Waals surface area contributed by atoms with Gasteiger partial charge in [-0.15, -0.1) is 0 Å². The summed E-state index contributed by atoms with van der Waals surface area (Å²) in [6, 6.07) is 7.77. The molecule has 1 aromatic carbocycles. The maximum atomic E-state index is 13.7. The highest BCUT2D eigenvalue weighted by atomic mass is 16.5. The Labute approximate surface area is 208 Å². The first-order valence-corrected chi connectivity index (χ1v) is 12.7. The summed E-state index contributed by atoms with van der Waals surface area (Å²) >= 11 is 0. The molecule has 0 radical (unpaired) electrons. The predicted octanol–water partition coefficient (Wildman–Crippen LogP) is 5.64. The molecule has 0 atom stereocenters. The van der Waals surface area contributed by atoms with Gasteiger partial charge >= 0.3 is 5.97 Å². The molecule has 0 unspecified atom stereocenters. The highest BCUT2D eigenvalue weighted by Crippen LogP contribution is 2.54. The Morgan fingerprint density at radius 3 is 2.09 bits per heavy atom. The number of aliphatic carboxylic acids is 1. The molecular formula is C29H37NO5. The van der Waals surface area contributed by atoms with Crippen molar-refractivity contribution in [1.29, 1.82) is 0 Å². The average molecular weight is 480 g/mol. The first kappa shape index (κ1) is 25.2. The number of ether oxygens (including phenoxy) is 1. The number of nitrogens with zero attached hydrogens (tertiary/aromatic N) is 1. The third kappa shape index (κ3) is 5.07. The van der Waals surface area contributed by atoms with Crippen molar-refractivity contribution in [2.45, 2.75) is 79.1 Å². The Morgan fingerprint density at radius 1 is 1.00 bits per heavy atom. The molecule has 1 aromatic rings. The van der Waals surface area contributed by atoms with Crippen LogP contribution in [-0.2, 0) is 14.4 Å². The second-order valence-corrected chi connectivity index (χ2v) is 11.8. The molecule has 0 amide bonds. The van der Waals surface area contributed by atoms with Gasteiger partial charge in [-0.3, -0.25) is 14.4 Å². The van der Waals surface area contributed by atoms with Crippen molar-refractivity contribution in [3.05, 3.63) is 52.4 Å². The van der Waals surface area contributed by atoms with Gasteiger partial charge in [0, 0.05) is 47.8 Å². The fraction of sp³-hybridized carbons (Fsp3) is 0.552. The lowest BCUT2D eigenvalue weighted by Crippen LogP contribution is -2.45. The van der Waals surface area contributed by atoms with Crippen LogP contribution in [0.15, 0.2) is 46.8 Å². The van der Waals surface area contributed by atoms with Crippen LogP contribution in [0.1, 0.15) is 84.6 Å². The van der Waals surface area contributed by atoms with E-state index in [2.05, 4.69) is 34.6 Å². The second kappa shape index (κ2) is 9.29. The van der Waals surface area contributed by atoms with Crippen LogP contribution in [-0.4, -0.2) is 40.7 Å². The molecule has 1 heterocycles. The summed E-state index contributed by atoms with van der Waals surface area (Å²) in [7, 11) is 0. The van der Waals surface area contributed by atoms with E-state index < -0.39 is 11.9 Å². The van der Waals surface area contributed by atoms with Crippen LogP contribution in [0, 0.1) is 10.8 Å². The lowest BCUT2D eigenvalue weighted by atomic mass is 9.63. The number of carboxylic acid groups (broad SMARTS) is 1. The van der Waals surface area contributed by atoms with Crippen LogP contribution < -0.4 is 4.74 Å². The lowest BCUT2D eigenvalue weighted by Gasteiger charge is -2.49. The Kier molecular flexibility index (Phi) is 6.69. The molecule has 0 saturated heterocycles. The summed E-state index contributed by atoms with van der Waals surface area (Å²) in [5, 5.41) is 9.47. The molecule has 2 aliphatic carbocycles. The third-order valence-corrected chi connectivity index (χ3v) is 7.24. The van der Waals surface area contributed by atoms with Gasteiger partial charge in [-0.2, -0.15) is 0 Å². The molecule has 0 spiro atoms. The Bertz CT molecular complexity index is 1070. The van der Waals surface area contributed by atoms with Gasteiger partial charge in [0.05, 0.1) is 13.0 Å². The van der Waals surface area contributed by atoms with E-state index in [9.17, 15) is 19.5 Å². The number of Topliss-reactive ketones (excluding diaryl/α,β-unsaturated/α-hetero) is 2. The SMILES string of the molecule is CCCOc1cccc(C2C3=C(CC(C)(C)CC3=O)N(CCC(=O)O)C3=C2C(=O)CC(C)(C)C3)c1. The van der Waals surface area contributed by atoms with E-state index in [1.807, 2.05) is 29.2 Å². The van der Waals surface area contributed by atoms with Crippen molar-refractivity contribution in [3.8, 4) is 5.75 Å². The van der Waals surface area contributed by atoms with Crippen molar-refractivity contribution in [3.63, 3.8) is 0 Å². The van der Waals surface area contributed by atoms with Crippen molar-refractivity contribution < 1.29 is 24.2 Å². The van der Waals surface area contributed by atoms with Gasteiger partial charge in [-0.1, -0.05) is 46.8 Å². The maximum absolute atomic E-state index is 13.7. The average Bonchev–Trinajstić information content (AvgIpc) is 2.74. The minimum Gasteiger partial charge on any atom is -0.494 e. The fourth-order valence-electron chi connectivity index (χ4n) is 5.86. The van der Waals surface area contributed by atoms with Gasteiger partial charge in [-0.05, 0) is 47.8 Å². The Morgan fingerprint density at radius 2 is 1.57 bits per heavy atom. The van der Waals surface area contributed by atoms with Gasteiger partial charge < -0.3 is 14.7 Å². The number of carbonyl (C=O) groups is 3. The summed E-state index contributed by atoms with van der Waals surface area (Å²) in [5.74, 6) is -0.510. The van der Waals surface area contributed by atoms with Gasteiger partial charge in [0.2, 0.25) is 0 Å². The number of benzene rings is 1. The van der Waals surface area contributed by atoms with Crippen molar-refractivity contribution in [2.24, 2.45) is 10.8 Å². The molecule has 6 heteroatoms. The number of carbonyl (C=O) groups excluding carboxylic acids is 2. The number of allylic oxidation sites excluding steroid dienone is 4. The van der Waals surface area contributed by atoms with Crippen LogP contribution in [0.4, 0.5) is 0 Å². The van der Waals surface area contributed by atoms with Crippen LogP contribution in [0.25, 0.3) is 0 Å². The van der Waals surface area contributed by atoms with Crippen LogP contribution >= 0.6 is 0 Å². The first-order valence-electron chi connectivity index (χ1n) is 12.7. The maximum Gasteiger partial charge on any atom is 0.305 e. The highest BCUT2D eigenvalue weighted by Gasteiger charge is 2.48. The molecule has 0 bridgehead atoms. The van der Waals surface area contributed by atoms with E-state index in [-0.39, 0.29) is 35.4 Å². The molecule has 1 N–H and O–H groups in total. The van der Waals surface area contributed by atoms with E-state index in [1.165, 1.54) is 0 Å².